The van der Waals surface area contributed by atoms with E-state index in [2.05, 4.69) is 0 Å². The van der Waals surface area contributed by atoms with Gasteiger partial charge in [-0.25, -0.2) is 0 Å². The minimum absolute atomic E-state index is 0.239. The van der Waals surface area contributed by atoms with Crippen LogP contribution in [0, 0.1) is 13.8 Å². The molecule has 6 unspecified atom stereocenters. The summed E-state index contributed by atoms with van der Waals surface area (Å²) in [5.41, 5.74) is 1.75. The van der Waals surface area contributed by atoms with Gasteiger partial charge in [0.05, 0.1) is 50.0 Å². The minimum Gasteiger partial charge on any atom is -0.492 e. The molecule has 1 aromatic carbocycles. The summed E-state index contributed by atoms with van der Waals surface area (Å²) in [6.07, 6.45) is -2.16. The van der Waals surface area contributed by atoms with E-state index in [1.54, 1.807) is 6.92 Å². The van der Waals surface area contributed by atoms with Crippen molar-refractivity contribution >= 4 is 16.9 Å². The lowest BCUT2D eigenvalue weighted by atomic mass is 10.00. The summed E-state index contributed by atoms with van der Waals surface area (Å²) in [6, 6.07) is 0. The van der Waals surface area contributed by atoms with Crippen molar-refractivity contribution in [2.75, 3.05) is 34.5 Å². The van der Waals surface area contributed by atoms with Crippen molar-refractivity contribution in [3.05, 3.63) is 16.7 Å². The summed E-state index contributed by atoms with van der Waals surface area (Å²) in [6.45, 7) is 6.19. The summed E-state index contributed by atoms with van der Waals surface area (Å²) in [5, 5.41) is 19.9. The molecule has 2 aliphatic heterocycles. The molecule has 9 nitrogen and oxygen atoms in total. The van der Waals surface area contributed by atoms with Crippen LogP contribution in [0.15, 0.2) is 0 Å². The first-order valence-corrected chi connectivity index (χ1v) is 11.9. The number of carbonyl (C=O) groups excluding carboxylic acids is 1. The van der Waals surface area contributed by atoms with Crippen LogP contribution < -0.4 is 14.2 Å². The van der Waals surface area contributed by atoms with Crippen LogP contribution in [-0.2, 0) is 14.2 Å². The molecule has 2 saturated heterocycles. The molecule has 33 heavy (non-hydrogen) atoms. The molecule has 6 atom stereocenters. The molecule has 186 valence electrons. The average molecular weight is 487 g/mol. The van der Waals surface area contributed by atoms with Gasteiger partial charge in [0.15, 0.2) is 11.5 Å². The molecule has 1 aromatic rings. The second kappa shape index (κ2) is 11.2. The van der Waals surface area contributed by atoms with Crippen LogP contribution in [0.5, 0.6) is 17.2 Å². The molecule has 2 fully saturated rings. The normalized spacial score (nSPS) is 30.1. The fourth-order valence-corrected chi connectivity index (χ4v) is 5.24. The maximum Gasteiger partial charge on any atom is 0.223 e. The summed E-state index contributed by atoms with van der Waals surface area (Å²) in [5.74, 6) is 0.936. The largest absolute Gasteiger partial charge is 0.492 e. The maximum absolute atomic E-state index is 13.3. The molecule has 0 spiro atoms. The Kier molecular flexibility index (Phi) is 8.88. The lowest BCUT2D eigenvalue weighted by Gasteiger charge is -2.37. The minimum atomic E-state index is -0.759. The lowest BCUT2D eigenvalue weighted by molar-refractivity contribution is -0.222. The molecule has 0 radical (unpaired) electrons. The smallest absolute Gasteiger partial charge is 0.223 e. The average Bonchev–Trinajstić information content (AvgIpc) is 2.80. The van der Waals surface area contributed by atoms with Gasteiger partial charge in [-0.3, -0.25) is 4.79 Å². The molecule has 0 aliphatic carbocycles. The quantitative estimate of drug-likeness (QED) is 0.595. The predicted octanol–water partition coefficient (Wildman–Crippen LogP) is 2.23. The zero-order valence-electron chi connectivity index (χ0n) is 20.0. The maximum atomic E-state index is 13.3. The van der Waals surface area contributed by atoms with Gasteiger partial charge in [-0.2, -0.15) is 0 Å². The standard InChI is InChI=1S/C23H34O9S/c1-11-12(2)20(32-17-9-15(27-4)19(25)13(3)31-17)22(29-6)21(28-5)18(11)23(26)33-16-10-30-8-7-14(16)24/h13-17,19,24-25H,7-10H2,1-6H3. The molecular weight excluding hydrogens is 452 g/mol. The SMILES string of the molecule is COc1c(OC2CC(OC)C(O)C(C)O2)c(C)c(C)c(C(=O)SC2COCCC2O)c1OC. The highest BCUT2D eigenvalue weighted by Gasteiger charge is 2.38. The molecule has 10 heteroatoms. The van der Waals surface area contributed by atoms with Crippen LogP contribution in [0.4, 0.5) is 0 Å². The Bertz CT molecular complexity index is 846. The number of aliphatic hydroxyl groups is 2. The number of ether oxygens (including phenoxy) is 6. The number of carbonyl (C=O) groups is 1. The van der Waals surface area contributed by atoms with Gasteiger partial charge in [0.25, 0.3) is 0 Å². The van der Waals surface area contributed by atoms with Crippen molar-refractivity contribution in [2.45, 2.75) is 69.6 Å². The second-order valence-corrected chi connectivity index (χ2v) is 9.50. The van der Waals surface area contributed by atoms with Gasteiger partial charge in [0, 0.05) is 20.1 Å². The third-order valence-corrected chi connectivity index (χ3v) is 7.43. The highest BCUT2D eigenvalue weighted by atomic mass is 32.2. The van der Waals surface area contributed by atoms with Crippen LogP contribution in [0.2, 0.25) is 0 Å². The Morgan fingerprint density at radius 2 is 1.76 bits per heavy atom. The first-order valence-electron chi connectivity index (χ1n) is 11.0. The first kappa shape index (κ1) is 26.1. The summed E-state index contributed by atoms with van der Waals surface area (Å²) in [4.78, 5) is 13.3. The molecule has 0 amide bonds. The van der Waals surface area contributed by atoms with Gasteiger partial charge in [-0.15, -0.1) is 0 Å². The first-order chi connectivity index (χ1) is 15.7. The number of benzene rings is 1. The second-order valence-electron chi connectivity index (χ2n) is 8.28. The number of methoxy groups -OCH3 is 3. The highest BCUT2D eigenvalue weighted by Crippen LogP contribution is 2.47. The van der Waals surface area contributed by atoms with Crippen molar-refractivity contribution < 1.29 is 43.4 Å². The van der Waals surface area contributed by atoms with Crippen molar-refractivity contribution in [1.82, 2.24) is 0 Å². The van der Waals surface area contributed by atoms with E-state index in [-0.39, 0.29) is 21.9 Å². The van der Waals surface area contributed by atoms with Crippen LogP contribution in [-0.4, -0.2) is 85.8 Å². The van der Waals surface area contributed by atoms with E-state index < -0.39 is 30.7 Å². The van der Waals surface area contributed by atoms with Crippen LogP contribution in [0.3, 0.4) is 0 Å². The Morgan fingerprint density at radius 3 is 2.36 bits per heavy atom. The summed E-state index contributed by atoms with van der Waals surface area (Å²) >= 11 is 1.04. The monoisotopic (exact) mass is 486 g/mol. The summed E-state index contributed by atoms with van der Waals surface area (Å²) in [7, 11) is 4.48. The number of hydrogen-bond acceptors (Lipinski definition) is 10. The van der Waals surface area contributed by atoms with E-state index >= 15 is 0 Å². The van der Waals surface area contributed by atoms with E-state index in [0.29, 0.717) is 48.5 Å². The molecule has 2 N–H and O–H groups in total. The van der Waals surface area contributed by atoms with Crippen molar-refractivity contribution in [3.63, 3.8) is 0 Å². The zero-order valence-corrected chi connectivity index (χ0v) is 20.8. The molecule has 0 saturated carbocycles. The number of rotatable bonds is 7. The molecule has 0 aromatic heterocycles. The van der Waals surface area contributed by atoms with E-state index in [9.17, 15) is 15.0 Å². The zero-order chi connectivity index (χ0) is 24.3. The Balaban J connectivity index is 1.93. The van der Waals surface area contributed by atoms with Crippen LogP contribution >= 0.6 is 11.8 Å². The van der Waals surface area contributed by atoms with Crippen molar-refractivity contribution in [1.29, 1.82) is 0 Å². The van der Waals surface area contributed by atoms with Gasteiger partial charge in [0.1, 0.15) is 6.10 Å². The number of aliphatic hydroxyl groups excluding tert-OH is 2. The predicted molar refractivity (Wildman–Crippen MR) is 123 cm³/mol. The van der Waals surface area contributed by atoms with Crippen molar-refractivity contribution in [3.8, 4) is 17.2 Å². The van der Waals surface area contributed by atoms with Gasteiger partial charge >= 0.3 is 0 Å². The van der Waals surface area contributed by atoms with Gasteiger partial charge < -0.3 is 38.6 Å². The fourth-order valence-electron chi connectivity index (χ4n) is 4.14. The molecule has 2 heterocycles. The van der Waals surface area contributed by atoms with E-state index in [4.69, 9.17) is 28.4 Å². The van der Waals surface area contributed by atoms with Gasteiger partial charge in [-0.1, -0.05) is 11.8 Å². The van der Waals surface area contributed by atoms with Crippen LogP contribution in [0.1, 0.15) is 41.3 Å². The van der Waals surface area contributed by atoms with E-state index in [1.165, 1.54) is 21.3 Å². The number of hydrogen-bond donors (Lipinski definition) is 2. The highest BCUT2D eigenvalue weighted by molar-refractivity contribution is 8.14. The van der Waals surface area contributed by atoms with Crippen LogP contribution in [0.25, 0.3) is 0 Å². The topological polar surface area (TPSA) is 113 Å². The lowest BCUT2D eigenvalue weighted by Crippen LogP contribution is -2.49. The Morgan fingerprint density at radius 1 is 1.06 bits per heavy atom. The van der Waals surface area contributed by atoms with Gasteiger partial charge in [0.2, 0.25) is 17.2 Å². The summed E-state index contributed by atoms with van der Waals surface area (Å²) < 4.78 is 34.1. The Labute approximate surface area is 198 Å². The third kappa shape index (κ3) is 5.41. The Hall–Kier alpha value is -1.56. The molecule has 3 rings (SSSR count). The third-order valence-electron chi connectivity index (χ3n) is 6.26. The molecule has 0 bridgehead atoms. The molecule has 2 aliphatic rings. The van der Waals surface area contributed by atoms with Gasteiger partial charge in [-0.05, 0) is 38.3 Å². The van der Waals surface area contributed by atoms with E-state index in [1.807, 2.05) is 13.8 Å². The van der Waals surface area contributed by atoms with Crippen molar-refractivity contribution in [2.24, 2.45) is 0 Å². The fraction of sp³-hybridized carbons (Fsp3) is 0.696. The molecular formula is C23H34O9S. The number of thioether (sulfide) groups is 1. The van der Waals surface area contributed by atoms with E-state index in [0.717, 1.165) is 11.8 Å².